The van der Waals surface area contributed by atoms with Crippen LogP contribution in [0.2, 0.25) is 0 Å². The van der Waals surface area contributed by atoms with E-state index in [-0.39, 0.29) is 11.9 Å². The van der Waals surface area contributed by atoms with Crippen molar-refractivity contribution in [3.8, 4) is 0 Å². The maximum absolute atomic E-state index is 12.4. The van der Waals surface area contributed by atoms with E-state index in [4.69, 9.17) is 0 Å². The van der Waals surface area contributed by atoms with E-state index in [1.54, 1.807) is 16.9 Å². The van der Waals surface area contributed by atoms with Gasteiger partial charge in [-0.05, 0) is 31.2 Å². The number of likely N-dealkylation sites (N-methyl/N-ethyl adjacent to an activating group) is 1. The molecule has 134 valence electrons. The Kier molecular flexibility index (Phi) is 4.46. The third-order valence-electron chi connectivity index (χ3n) is 4.54. The molecule has 0 unspecified atom stereocenters. The van der Waals surface area contributed by atoms with Gasteiger partial charge in [-0.3, -0.25) is 9.78 Å². The zero-order valence-corrected chi connectivity index (χ0v) is 15.4. The number of rotatable bonds is 5. The van der Waals surface area contributed by atoms with Crippen molar-refractivity contribution in [3.05, 3.63) is 42.5 Å². The molecule has 4 heterocycles. The van der Waals surface area contributed by atoms with Crippen molar-refractivity contribution in [2.75, 3.05) is 30.8 Å². The van der Waals surface area contributed by atoms with Crippen LogP contribution in [0.15, 0.2) is 41.6 Å². The van der Waals surface area contributed by atoms with Gasteiger partial charge in [-0.2, -0.15) is 4.52 Å². The van der Waals surface area contributed by atoms with Crippen molar-refractivity contribution >= 4 is 29.1 Å². The first kappa shape index (κ1) is 16.8. The number of anilines is 1. The fourth-order valence-corrected chi connectivity index (χ4v) is 3.64. The standard InChI is InChI=1S/C17H19N7OS/c1-12-19-20-15-3-4-16(21-24(12)15)23-9-13(10-23)22(2)17(25)11-26-14-5-7-18-8-6-14/h3-8,13H,9-11H2,1-2H3. The Morgan fingerprint density at radius 2 is 2.00 bits per heavy atom. The first-order valence-corrected chi connectivity index (χ1v) is 9.33. The molecular formula is C17H19N7OS. The van der Waals surface area contributed by atoms with Crippen molar-refractivity contribution in [2.24, 2.45) is 0 Å². The highest BCUT2D eigenvalue weighted by atomic mass is 32.2. The predicted octanol–water partition coefficient (Wildman–Crippen LogP) is 1.27. The lowest BCUT2D eigenvalue weighted by Crippen LogP contribution is -2.60. The van der Waals surface area contributed by atoms with Crippen LogP contribution in [0, 0.1) is 6.92 Å². The Balaban J connectivity index is 1.33. The van der Waals surface area contributed by atoms with Crippen molar-refractivity contribution in [1.82, 2.24) is 29.7 Å². The van der Waals surface area contributed by atoms with Gasteiger partial charge in [-0.15, -0.1) is 27.1 Å². The van der Waals surface area contributed by atoms with Crippen molar-refractivity contribution < 1.29 is 4.79 Å². The molecule has 0 spiro atoms. The molecule has 1 fully saturated rings. The Labute approximate surface area is 155 Å². The lowest BCUT2D eigenvalue weighted by atomic mass is 10.1. The lowest BCUT2D eigenvalue weighted by molar-refractivity contribution is -0.129. The molecule has 0 aromatic carbocycles. The molecule has 1 aliphatic rings. The summed E-state index contributed by atoms with van der Waals surface area (Å²) in [6, 6.07) is 7.90. The molecule has 4 rings (SSSR count). The highest BCUT2D eigenvalue weighted by Crippen LogP contribution is 2.23. The summed E-state index contributed by atoms with van der Waals surface area (Å²) in [4.78, 5) is 21.5. The van der Waals surface area contributed by atoms with Crippen LogP contribution in [0.1, 0.15) is 5.82 Å². The van der Waals surface area contributed by atoms with Crippen molar-refractivity contribution in [1.29, 1.82) is 0 Å². The fourth-order valence-electron chi connectivity index (χ4n) is 2.83. The second-order valence-corrected chi connectivity index (χ2v) is 7.29. The molecule has 1 saturated heterocycles. The largest absolute Gasteiger partial charge is 0.351 e. The van der Waals surface area contributed by atoms with E-state index in [1.807, 2.05) is 43.1 Å². The summed E-state index contributed by atoms with van der Waals surface area (Å²) < 4.78 is 1.74. The summed E-state index contributed by atoms with van der Waals surface area (Å²) in [7, 11) is 1.87. The van der Waals surface area contributed by atoms with E-state index in [0.717, 1.165) is 35.3 Å². The summed E-state index contributed by atoms with van der Waals surface area (Å²) in [6.07, 6.45) is 3.48. The van der Waals surface area contributed by atoms with Crippen LogP contribution in [0.4, 0.5) is 5.82 Å². The Hall–Kier alpha value is -2.68. The topological polar surface area (TPSA) is 79.5 Å². The van der Waals surface area contributed by atoms with Gasteiger partial charge in [0.2, 0.25) is 5.91 Å². The van der Waals surface area contributed by atoms with Crippen molar-refractivity contribution in [3.63, 3.8) is 0 Å². The second-order valence-electron chi connectivity index (χ2n) is 6.24. The number of thioether (sulfide) groups is 1. The van der Waals surface area contributed by atoms with Gasteiger partial charge in [-0.25, -0.2) is 0 Å². The minimum Gasteiger partial charge on any atom is -0.351 e. The summed E-state index contributed by atoms with van der Waals surface area (Å²) >= 11 is 1.54. The second kappa shape index (κ2) is 6.91. The van der Waals surface area contributed by atoms with Gasteiger partial charge in [0, 0.05) is 37.4 Å². The molecule has 0 aliphatic carbocycles. The van der Waals surface area contributed by atoms with Crippen LogP contribution in [0.25, 0.3) is 5.65 Å². The Morgan fingerprint density at radius 3 is 2.77 bits per heavy atom. The van der Waals surface area contributed by atoms with Gasteiger partial charge in [-0.1, -0.05) is 0 Å². The summed E-state index contributed by atoms with van der Waals surface area (Å²) in [5.41, 5.74) is 0.740. The number of aromatic nitrogens is 5. The third kappa shape index (κ3) is 3.22. The normalized spacial score (nSPS) is 14.5. The van der Waals surface area contributed by atoms with Gasteiger partial charge in [0.25, 0.3) is 0 Å². The number of carbonyl (C=O) groups excluding carboxylic acids is 1. The first-order valence-electron chi connectivity index (χ1n) is 8.34. The number of hydrogen-bond acceptors (Lipinski definition) is 7. The lowest BCUT2D eigenvalue weighted by Gasteiger charge is -2.44. The van der Waals surface area contributed by atoms with Crippen LogP contribution >= 0.6 is 11.8 Å². The van der Waals surface area contributed by atoms with Gasteiger partial charge < -0.3 is 9.80 Å². The van der Waals surface area contributed by atoms with Crippen LogP contribution in [0.3, 0.4) is 0 Å². The van der Waals surface area contributed by atoms with E-state index in [0.29, 0.717) is 5.75 Å². The molecule has 26 heavy (non-hydrogen) atoms. The van der Waals surface area contributed by atoms with E-state index < -0.39 is 0 Å². The van der Waals surface area contributed by atoms with Crippen molar-refractivity contribution in [2.45, 2.75) is 17.9 Å². The summed E-state index contributed by atoms with van der Waals surface area (Å²) in [6.45, 7) is 3.44. The molecule has 0 saturated carbocycles. The van der Waals surface area contributed by atoms with Gasteiger partial charge in [0.05, 0.1) is 11.8 Å². The molecule has 3 aromatic rings. The highest BCUT2D eigenvalue weighted by Gasteiger charge is 2.33. The molecule has 0 radical (unpaired) electrons. The first-order chi connectivity index (χ1) is 12.6. The number of carbonyl (C=O) groups is 1. The van der Waals surface area contributed by atoms with Gasteiger partial charge in [0.15, 0.2) is 11.5 Å². The van der Waals surface area contributed by atoms with Gasteiger partial charge in [0.1, 0.15) is 5.82 Å². The Bertz CT molecular complexity index is 923. The monoisotopic (exact) mass is 369 g/mol. The average Bonchev–Trinajstić information content (AvgIpc) is 3.00. The van der Waals surface area contributed by atoms with E-state index in [9.17, 15) is 4.79 Å². The molecule has 8 nitrogen and oxygen atoms in total. The molecule has 0 N–H and O–H groups in total. The van der Waals surface area contributed by atoms with Crippen LogP contribution in [0.5, 0.6) is 0 Å². The maximum atomic E-state index is 12.4. The average molecular weight is 369 g/mol. The molecular weight excluding hydrogens is 350 g/mol. The zero-order valence-electron chi connectivity index (χ0n) is 14.6. The quantitative estimate of drug-likeness (QED) is 0.627. The predicted molar refractivity (Wildman–Crippen MR) is 99.3 cm³/mol. The van der Waals surface area contributed by atoms with E-state index >= 15 is 0 Å². The van der Waals surface area contributed by atoms with Crippen LogP contribution in [-0.2, 0) is 4.79 Å². The number of pyridine rings is 1. The minimum absolute atomic E-state index is 0.134. The molecule has 3 aromatic heterocycles. The SMILES string of the molecule is Cc1nnc2ccc(N3CC(N(C)C(=O)CSc4ccncc4)C3)nn12. The van der Waals surface area contributed by atoms with Crippen LogP contribution in [-0.4, -0.2) is 67.5 Å². The van der Waals surface area contributed by atoms with Crippen LogP contribution < -0.4 is 4.90 Å². The minimum atomic E-state index is 0.134. The number of hydrogen-bond donors (Lipinski definition) is 0. The number of nitrogens with zero attached hydrogens (tertiary/aromatic N) is 7. The molecule has 1 aliphatic heterocycles. The summed E-state index contributed by atoms with van der Waals surface area (Å²) in [5, 5.41) is 12.6. The molecule has 1 amide bonds. The maximum Gasteiger partial charge on any atom is 0.233 e. The Morgan fingerprint density at radius 1 is 1.23 bits per heavy atom. The molecule has 9 heteroatoms. The molecule has 0 atom stereocenters. The van der Waals surface area contributed by atoms with Gasteiger partial charge >= 0.3 is 0 Å². The fraction of sp³-hybridized carbons (Fsp3) is 0.353. The van der Waals surface area contributed by atoms with E-state index in [1.165, 1.54) is 11.8 Å². The molecule has 0 bridgehead atoms. The number of aryl methyl sites for hydroxylation is 1. The zero-order chi connectivity index (χ0) is 18.1. The highest BCUT2D eigenvalue weighted by molar-refractivity contribution is 8.00. The van der Waals surface area contributed by atoms with E-state index in [2.05, 4.69) is 25.2 Å². The third-order valence-corrected chi connectivity index (χ3v) is 5.54. The smallest absolute Gasteiger partial charge is 0.233 e. The summed E-state index contributed by atoms with van der Waals surface area (Å²) in [5.74, 6) is 2.21. The number of amides is 1. The number of fused-ring (bicyclic) bond motifs is 1.